The fourth-order valence-electron chi connectivity index (χ4n) is 2.12. The molecule has 1 atom stereocenters. The molecule has 1 aromatic rings. The summed E-state index contributed by atoms with van der Waals surface area (Å²) in [5, 5.41) is 9.59. The van der Waals surface area contributed by atoms with Crippen LogP contribution >= 0.6 is 15.9 Å². The van der Waals surface area contributed by atoms with Crippen LogP contribution < -0.4 is 4.74 Å². The SMILES string of the molecule is COc1ccc(C(=O)N2CCC[C@H](O)C2)cc1Br. The number of halogens is 1. The van der Waals surface area contributed by atoms with Crippen molar-refractivity contribution in [2.24, 2.45) is 0 Å². The number of benzene rings is 1. The van der Waals surface area contributed by atoms with Crippen LogP contribution in [0.15, 0.2) is 22.7 Å². The lowest BCUT2D eigenvalue weighted by Gasteiger charge is -2.30. The number of hydrogen-bond donors (Lipinski definition) is 1. The largest absolute Gasteiger partial charge is 0.496 e. The first-order valence-corrected chi connectivity index (χ1v) is 6.72. The Kier molecular flexibility index (Phi) is 4.24. The predicted octanol–water partition coefficient (Wildman–Crippen LogP) is 2.05. The second kappa shape index (κ2) is 5.71. The van der Waals surface area contributed by atoms with Gasteiger partial charge in [0.25, 0.3) is 5.91 Å². The standard InChI is InChI=1S/C13H16BrNO3/c1-18-12-5-4-9(7-11(12)14)13(17)15-6-2-3-10(16)8-15/h4-5,7,10,16H,2-3,6,8H2,1H3/t10-/m0/s1. The van der Waals surface area contributed by atoms with E-state index < -0.39 is 6.10 Å². The minimum absolute atomic E-state index is 0.0443. The molecule has 1 heterocycles. The van der Waals surface area contributed by atoms with Gasteiger partial charge in [-0.2, -0.15) is 0 Å². The molecule has 0 aromatic heterocycles. The molecule has 1 amide bonds. The lowest BCUT2D eigenvalue weighted by molar-refractivity contribution is 0.0473. The average molecular weight is 314 g/mol. The van der Waals surface area contributed by atoms with Gasteiger partial charge in [-0.15, -0.1) is 0 Å². The van der Waals surface area contributed by atoms with Crippen LogP contribution in [0.5, 0.6) is 5.75 Å². The van der Waals surface area contributed by atoms with Crippen LogP contribution in [-0.2, 0) is 0 Å². The highest BCUT2D eigenvalue weighted by Crippen LogP contribution is 2.26. The minimum atomic E-state index is -0.399. The molecule has 0 aliphatic carbocycles. The van der Waals surface area contributed by atoms with Gasteiger partial charge in [-0.1, -0.05) is 0 Å². The number of nitrogens with zero attached hydrogens (tertiary/aromatic N) is 1. The number of aliphatic hydroxyl groups excluding tert-OH is 1. The summed E-state index contributed by atoms with van der Waals surface area (Å²) in [5.41, 5.74) is 0.608. The number of methoxy groups -OCH3 is 1. The van der Waals surface area contributed by atoms with E-state index in [9.17, 15) is 9.90 Å². The number of ether oxygens (including phenoxy) is 1. The summed E-state index contributed by atoms with van der Waals surface area (Å²) in [5.74, 6) is 0.655. The zero-order valence-electron chi connectivity index (χ0n) is 10.2. The third-order valence-corrected chi connectivity index (χ3v) is 3.70. The smallest absolute Gasteiger partial charge is 0.253 e. The van der Waals surface area contributed by atoms with Crippen LogP contribution in [0.25, 0.3) is 0 Å². The average Bonchev–Trinajstić information content (AvgIpc) is 2.37. The number of carbonyl (C=O) groups is 1. The van der Waals surface area contributed by atoms with Gasteiger partial charge >= 0.3 is 0 Å². The maximum Gasteiger partial charge on any atom is 0.253 e. The molecule has 0 saturated carbocycles. The number of β-amino-alcohol motifs (C(OH)–C–C–N with tert-alkyl or cyclic N) is 1. The molecule has 1 aliphatic rings. The van der Waals surface area contributed by atoms with E-state index in [4.69, 9.17) is 4.74 Å². The minimum Gasteiger partial charge on any atom is -0.496 e. The summed E-state index contributed by atoms with van der Waals surface area (Å²) in [6.45, 7) is 1.13. The Morgan fingerprint density at radius 2 is 2.33 bits per heavy atom. The van der Waals surface area contributed by atoms with Crippen molar-refractivity contribution in [1.82, 2.24) is 4.90 Å². The monoisotopic (exact) mass is 313 g/mol. The fraction of sp³-hybridized carbons (Fsp3) is 0.462. The van der Waals surface area contributed by atoms with E-state index in [1.807, 2.05) is 0 Å². The van der Waals surface area contributed by atoms with Crippen molar-refractivity contribution >= 4 is 21.8 Å². The molecule has 2 rings (SSSR count). The summed E-state index contributed by atoms with van der Waals surface area (Å²) in [6.07, 6.45) is 1.23. The van der Waals surface area contributed by atoms with Gasteiger partial charge in [0.05, 0.1) is 17.7 Å². The third-order valence-electron chi connectivity index (χ3n) is 3.08. The van der Waals surface area contributed by atoms with Crippen LogP contribution in [0.3, 0.4) is 0 Å². The molecule has 1 saturated heterocycles. The molecule has 0 unspecified atom stereocenters. The number of likely N-dealkylation sites (tertiary alicyclic amines) is 1. The highest BCUT2D eigenvalue weighted by molar-refractivity contribution is 9.10. The summed E-state index contributed by atoms with van der Waals surface area (Å²) in [4.78, 5) is 13.9. The molecular formula is C13H16BrNO3. The van der Waals surface area contributed by atoms with E-state index in [-0.39, 0.29) is 5.91 Å². The molecule has 1 fully saturated rings. The van der Waals surface area contributed by atoms with Crippen molar-refractivity contribution in [2.75, 3.05) is 20.2 Å². The maximum atomic E-state index is 12.3. The Hall–Kier alpha value is -1.07. The Labute approximate surface area is 115 Å². The summed E-state index contributed by atoms with van der Waals surface area (Å²) < 4.78 is 5.89. The van der Waals surface area contributed by atoms with E-state index >= 15 is 0 Å². The van der Waals surface area contributed by atoms with Crippen molar-refractivity contribution in [3.63, 3.8) is 0 Å². The molecular weight excluding hydrogens is 298 g/mol. The third kappa shape index (κ3) is 2.84. The number of piperidine rings is 1. The number of carbonyl (C=O) groups excluding carboxylic acids is 1. The fourth-order valence-corrected chi connectivity index (χ4v) is 2.66. The first kappa shape index (κ1) is 13.4. The summed E-state index contributed by atoms with van der Waals surface area (Å²) in [6, 6.07) is 5.26. The van der Waals surface area contributed by atoms with E-state index in [1.165, 1.54) is 0 Å². The molecule has 4 nitrogen and oxygen atoms in total. The zero-order valence-corrected chi connectivity index (χ0v) is 11.8. The van der Waals surface area contributed by atoms with Crippen LogP contribution in [0, 0.1) is 0 Å². The lowest BCUT2D eigenvalue weighted by Crippen LogP contribution is -2.42. The van der Waals surface area contributed by atoms with Gasteiger partial charge in [-0.25, -0.2) is 0 Å². The highest BCUT2D eigenvalue weighted by atomic mass is 79.9. The molecule has 5 heteroatoms. The van der Waals surface area contributed by atoms with Crippen LogP contribution in [0.1, 0.15) is 23.2 Å². The highest BCUT2D eigenvalue weighted by Gasteiger charge is 2.23. The molecule has 1 aromatic carbocycles. The van der Waals surface area contributed by atoms with Crippen LogP contribution in [0.2, 0.25) is 0 Å². The number of aliphatic hydroxyl groups is 1. The molecule has 0 spiro atoms. The zero-order chi connectivity index (χ0) is 13.1. The number of hydrogen-bond acceptors (Lipinski definition) is 3. The van der Waals surface area contributed by atoms with Gasteiger partial charge in [0.2, 0.25) is 0 Å². The van der Waals surface area contributed by atoms with Gasteiger partial charge < -0.3 is 14.7 Å². The molecule has 18 heavy (non-hydrogen) atoms. The van der Waals surface area contributed by atoms with Crippen molar-refractivity contribution in [3.8, 4) is 5.75 Å². The topological polar surface area (TPSA) is 49.8 Å². The van der Waals surface area contributed by atoms with Crippen LogP contribution in [0.4, 0.5) is 0 Å². The predicted molar refractivity (Wildman–Crippen MR) is 71.8 cm³/mol. The number of rotatable bonds is 2. The maximum absolute atomic E-state index is 12.3. The Balaban J connectivity index is 2.15. The summed E-state index contributed by atoms with van der Waals surface area (Å²) >= 11 is 3.37. The quantitative estimate of drug-likeness (QED) is 0.909. The normalized spacial score (nSPS) is 19.7. The molecule has 1 aliphatic heterocycles. The van der Waals surface area contributed by atoms with Crippen molar-refractivity contribution in [3.05, 3.63) is 28.2 Å². The van der Waals surface area contributed by atoms with Crippen molar-refractivity contribution in [1.29, 1.82) is 0 Å². The van der Waals surface area contributed by atoms with E-state index in [0.717, 1.165) is 17.3 Å². The Morgan fingerprint density at radius 3 is 2.94 bits per heavy atom. The van der Waals surface area contributed by atoms with Crippen LogP contribution in [-0.4, -0.2) is 42.2 Å². The lowest BCUT2D eigenvalue weighted by atomic mass is 10.1. The van der Waals surface area contributed by atoms with Gasteiger partial charge in [-0.3, -0.25) is 4.79 Å². The van der Waals surface area contributed by atoms with Gasteiger partial charge in [0.15, 0.2) is 0 Å². The van der Waals surface area contributed by atoms with E-state index in [2.05, 4.69) is 15.9 Å². The van der Waals surface area contributed by atoms with Gasteiger partial charge in [0.1, 0.15) is 5.75 Å². The van der Waals surface area contributed by atoms with Crippen molar-refractivity contribution < 1.29 is 14.6 Å². The number of amides is 1. The second-order valence-corrected chi connectivity index (χ2v) is 5.25. The summed E-state index contributed by atoms with van der Waals surface area (Å²) in [7, 11) is 1.59. The van der Waals surface area contributed by atoms with E-state index in [1.54, 1.807) is 30.2 Å². The van der Waals surface area contributed by atoms with Crippen molar-refractivity contribution in [2.45, 2.75) is 18.9 Å². The van der Waals surface area contributed by atoms with Gasteiger partial charge in [0, 0.05) is 18.7 Å². The molecule has 98 valence electrons. The molecule has 1 N–H and O–H groups in total. The Bertz CT molecular complexity index is 450. The first-order chi connectivity index (χ1) is 8.61. The first-order valence-electron chi connectivity index (χ1n) is 5.92. The second-order valence-electron chi connectivity index (χ2n) is 4.40. The van der Waals surface area contributed by atoms with Gasteiger partial charge in [-0.05, 0) is 47.0 Å². The van der Waals surface area contributed by atoms with E-state index in [0.29, 0.717) is 24.4 Å². The molecule has 0 radical (unpaired) electrons. The molecule has 0 bridgehead atoms. The Morgan fingerprint density at radius 1 is 1.56 bits per heavy atom.